The van der Waals surface area contributed by atoms with E-state index in [1.54, 1.807) is 0 Å². The Morgan fingerprint density at radius 2 is 1.26 bits per heavy atom. The Labute approximate surface area is 130 Å². The molecule has 5 heteroatoms. The molecule has 0 amide bonds. The molecule has 19 heavy (non-hydrogen) atoms. The molecule has 2 rings (SSSR count). The molecule has 0 radical (unpaired) electrons. The van der Waals surface area contributed by atoms with Crippen molar-refractivity contribution in [1.82, 2.24) is 0 Å². The van der Waals surface area contributed by atoms with Gasteiger partial charge in [0.1, 0.15) is 11.5 Å². The monoisotopic (exact) mass is 382 g/mol. The minimum absolute atomic E-state index is 0.206. The van der Waals surface area contributed by atoms with Crippen molar-refractivity contribution in [1.29, 1.82) is 0 Å². The van der Waals surface area contributed by atoms with Crippen LogP contribution in [-0.4, -0.2) is 7.69 Å². The van der Waals surface area contributed by atoms with E-state index in [0.29, 0.717) is 0 Å². The van der Waals surface area contributed by atoms with Gasteiger partial charge in [-0.25, -0.2) is 0 Å². The maximum atomic E-state index is 5.57. The van der Waals surface area contributed by atoms with E-state index in [1.165, 1.54) is 11.1 Å². The first-order valence-electron chi connectivity index (χ1n) is 5.87. The van der Waals surface area contributed by atoms with Gasteiger partial charge in [0, 0.05) is 10.7 Å². The largest absolute Gasteiger partial charge is 0.576 e. The minimum Gasteiger partial charge on any atom is -0.529 e. The van der Waals surface area contributed by atoms with E-state index in [0.717, 1.165) is 22.2 Å². The van der Waals surface area contributed by atoms with E-state index < -0.39 is 0 Å². The summed E-state index contributed by atoms with van der Waals surface area (Å²) >= 11 is 6.84. The van der Waals surface area contributed by atoms with Gasteiger partial charge in [-0.05, 0) is 35.4 Å². The average molecular weight is 384 g/mol. The molecule has 0 unspecified atom stereocenters. The number of halogens is 2. The number of rotatable bonds is 6. The Kier molecular flexibility index (Phi) is 5.79. The van der Waals surface area contributed by atoms with Gasteiger partial charge in [0.2, 0.25) is 0 Å². The van der Waals surface area contributed by atoms with Gasteiger partial charge >= 0.3 is 7.69 Å². The van der Waals surface area contributed by atoms with Crippen molar-refractivity contribution in [2.75, 3.05) is 0 Å². The van der Waals surface area contributed by atoms with Crippen molar-refractivity contribution in [3.05, 3.63) is 59.7 Å². The van der Waals surface area contributed by atoms with Gasteiger partial charge in [-0.1, -0.05) is 56.1 Å². The van der Waals surface area contributed by atoms with Crippen LogP contribution in [0.25, 0.3) is 0 Å². The van der Waals surface area contributed by atoms with Crippen LogP contribution in [0.15, 0.2) is 48.5 Å². The van der Waals surface area contributed by atoms with Gasteiger partial charge in [-0.3, -0.25) is 0 Å². The van der Waals surface area contributed by atoms with Crippen LogP contribution in [0.4, 0.5) is 0 Å². The lowest BCUT2D eigenvalue weighted by Crippen LogP contribution is -2.11. The molecule has 0 saturated carbocycles. The summed E-state index contributed by atoms with van der Waals surface area (Å²) in [5.41, 5.74) is 2.36. The maximum absolute atomic E-state index is 5.57. The SMILES string of the molecule is BrCc1cccc(OBOc2cccc(CBr)c2)c1. The molecule has 0 N–H and O–H groups in total. The molecular weight excluding hydrogens is 371 g/mol. The van der Waals surface area contributed by atoms with E-state index in [9.17, 15) is 0 Å². The third-order valence-corrected chi connectivity index (χ3v) is 3.85. The lowest BCUT2D eigenvalue weighted by Gasteiger charge is -2.08. The molecule has 0 aromatic heterocycles. The summed E-state index contributed by atoms with van der Waals surface area (Å²) in [4.78, 5) is 0. The number of hydrogen-bond donors (Lipinski definition) is 0. The van der Waals surface area contributed by atoms with Crippen LogP contribution in [0.1, 0.15) is 11.1 Å². The quantitative estimate of drug-likeness (QED) is 0.549. The summed E-state index contributed by atoms with van der Waals surface area (Å²) in [5.74, 6) is 1.63. The van der Waals surface area contributed by atoms with E-state index in [-0.39, 0.29) is 7.69 Å². The second-order valence-corrected chi connectivity index (χ2v) is 5.09. The summed E-state index contributed by atoms with van der Waals surface area (Å²) in [6, 6.07) is 15.9. The van der Waals surface area contributed by atoms with E-state index in [2.05, 4.69) is 31.9 Å². The van der Waals surface area contributed by atoms with Crippen LogP contribution in [-0.2, 0) is 10.7 Å². The van der Waals surface area contributed by atoms with Gasteiger partial charge in [-0.15, -0.1) is 0 Å². The molecule has 0 atom stereocenters. The third kappa shape index (κ3) is 4.58. The van der Waals surface area contributed by atoms with Crippen LogP contribution in [0.3, 0.4) is 0 Å². The molecule has 0 fully saturated rings. The topological polar surface area (TPSA) is 18.5 Å². The maximum Gasteiger partial charge on any atom is 0.576 e. The molecule has 0 heterocycles. The first-order valence-corrected chi connectivity index (χ1v) is 8.11. The smallest absolute Gasteiger partial charge is 0.529 e. The highest BCUT2D eigenvalue weighted by molar-refractivity contribution is 9.08. The zero-order valence-corrected chi connectivity index (χ0v) is 13.5. The first-order chi connectivity index (χ1) is 9.31. The molecule has 0 aliphatic heterocycles. The number of hydrogen-bond acceptors (Lipinski definition) is 2. The van der Waals surface area contributed by atoms with Crippen molar-refractivity contribution < 1.29 is 9.31 Å². The fourth-order valence-electron chi connectivity index (χ4n) is 1.60. The zero-order valence-electron chi connectivity index (χ0n) is 10.3. The summed E-state index contributed by atoms with van der Waals surface area (Å²) in [6.45, 7) is 0. The molecule has 0 aliphatic carbocycles. The van der Waals surface area contributed by atoms with E-state index in [1.807, 2.05) is 48.5 Å². The highest BCUT2D eigenvalue weighted by Crippen LogP contribution is 2.17. The Bertz CT molecular complexity index is 487. The van der Waals surface area contributed by atoms with Crippen LogP contribution < -0.4 is 9.31 Å². The first kappa shape index (κ1) is 14.5. The Morgan fingerprint density at radius 1 is 0.789 bits per heavy atom. The number of benzene rings is 2. The Hall–Kier alpha value is -0.935. The molecule has 2 aromatic carbocycles. The molecule has 2 aromatic rings. The van der Waals surface area contributed by atoms with Crippen LogP contribution >= 0.6 is 31.9 Å². The van der Waals surface area contributed by atoms with Crippen LogP contribution in [0.2, 0.25) is 0 Å². The normalized spacial score (nSPS) is 10.0. The molecule has 0 spiro atoms. The zero-order chi connectivity index (χ0) is 13.5. The molecule has 0 aliphatic rings. The fourth-order valence-corrected chi connectivity index (χ4v) is 2.30. The standard InChI is InChI=1S/C14H13BBr2O2/c16-9-11-3-1-5-13(7-11)18-15-19-14-6-2-4-12(8-14)10-17/h1-8,15H,9-10H2. The predicted octanol–water partition coefficient (Wildman–Crippen LogP) is 4.20. The third-order valence-electron chi connectivity index (χ3n) is 2.56. The molecule has 98 valence electrons. The minimum atomic E-state index is 0.206. The second-order valence-electron chi connectivity index (χ2n) is 3.97. The average Bonchev–Trinajstić information content (AvgIpc) is 2.48. The highest BCUT2D eigenvalue weighted by Gasteiger charge is 2.01. The molecule has 0 saturated heterocycles. The van der Waals surface area contributed by atoms with Crippen molar-refractivity contribution >= 4 is 39.5 Å². The lowest BCUT2D eigenvalue weighted by molar-refractivity contribution is 0.458. The highest BCUT2D eigenvalue weighted by atomic mass is 79.9. The van der Waals surface area contributed by atoms with Crippen molar-refractivity contribution in [3.63, 3.8) is 0 Å². The van der Waals surface area contributed by atoms with Crippen molar-refractivity contribution in [2.24, 2.45) is 0 Å². The van der Waals surface area contributed by atoms with Crippen molar-refractivity contribution in [3.8, 4) is 11.5 Å². The Morgan fingerprint density at radius 3 is 1.68 bits per heavy atom. The molecular formula is C14H13BBr2O2. The van der Waals surface area contributed by atoms with Gasteiger partial charge in [0.15, 0.2) is 0 Å². The molecule has 2 nitrogen and oxygen atoms in total. The van der Waals surface area contributed by atoms with Crippen LogP contribution in [0.5, 0.6) is 11.5 Å². The fraction of sp³-hybridized carbons (Fsp3) is 0.143. The van der Waals surface area contributed by atoms with Gasteiger partial charge in [-0.2, -0.15) is 0 Å². The second kappa shape index (κ2) is 7.60. The van der Waals surface area contributed by atoms with Crippen LogP contribution in [0, 0.1) is 0 Å². The predicted molar refractivity (Wildman–Crippen MR) is 86.6 cm³/mol. The van der Waals surface area contributed by atoms with Gasteiger partial charge in [0.25, 0.3) is 0 Å². The summed E-state index contributed by atoms with van der Waals surface area (Å²) in [7, 11) is 0.206. The van der Waals surface area contributed by atoms with E-state index >= 15 is 0 Å². The summed E-state index contributed by atoms with van der Waals surface area (Å²) < 4.78 is 11.1. The van der Waals surface area contributed by atoms with Gasteiger partial charge < -0.3 is 9.31 Å². The summed E-state index contributed by atoms with van der Waals surface area (Å²) in [6.07, 6.45) is 0. The van der Waals surface area contributed by atoms with Gasteiger partial charge in [0.05, 0.1) is 0 Å². The van der Waals surface area contributed by atoms with E-state index in [4.69, 9.17) is 9.31 Å². The Balaban J connectivity index is 1.88. The lowest BCUT2D eigenvalue weighted by atomic mass is 10.2. The summed E-state index contributed by atoms with van der Waals surface area (Å²) in [5, 5.41) is 1.64. The number of alkyl halides is 2. The molecule has 0 bridgehead atoms. The van der Waals surface area contributed by atoms with Crippen molar-refractivity contribution in [2.45, 2.75) is 10.7 Å².